The average Bonchev–Trinajstić information content (AvgIpc) is 2.16. The first-order valence-electron chi connectivity index (χ1n) is 4.33. The maximum absolute atomic E-state index is 11.5. The molecule has 0 unspecified atom stereocenters. The maximum atomic E-state index is 11.5. The summed E-state index contributed by atoms with van der Waals surface area (Å²) in [5, 5.41) is 0. The number of likely N-dealkylation sites (tertiary alicyclic amines) is 1. The minimum atomic E-state index is -0.139. The van der Waals surface area contributed by atoms with Gasteiger partial charge in [0.05, 0.1) is 0 Å². The van der Waals surface area contributed by atoms with Gasteiger partial charge in [-0.2, -0.15) is 0 Å². The molecule has 12 heavy (non-hydrogen) atoms. The third-order valence-corrected chi connectivity index (χ3v) is 2.52. The summed E-state index contributed by atoms with van der Waals surface area (Å²) in [6, 6.07) is -0.00241. The van der Waals surface area contributed by atoms with Gasteiger partial charge in [-0.05, 0) is 13.8 Å². The van der Waals surface area contributed by atoms with Crippen LogP contribution in [0.2, 0.25) is 0 Å². The minimum Gasteiger partial charge on any atom is -0.280 e. The largest absolute Gasteiger partial charge is 0.280 e. The van der Waals surface area contributed by atoms with Crippen LogP contribution in [0.25, 0.3) is 0 Å². The van der Waals surface area contributed by atoms with Crippen molar-refractivity contribution >= 4 is 11.8 Å². The molecular formula is C9H15NO2. The first-order valence-corrected chi connectivity index (χ1v) is 4.33. The van der Waals surface area contributed by atoms with E-state index in [-0.39, 0.29) is 29.7 Å². The summed E-state index contributed by atoms with van der Waals surface area (Å²) in [7, 11) is 0. The molecule has 0 radical (unpaired) electrons. The van der Waals surface area contributed by atoms with Gasteiger partial charge in [-0.15, -0.1) is 0 Å². The Morgan fingerprint density at radius 2 is 1.42 bits per heavy atom. The van der Waals surface area contributed by atoms with Crippen molar-refractivity contribution in [2.45, 2.75) is 33.7 Å². The third-order valence-electron chi connectivity index (χ3n) is 2.52. The second-order valence-electron chi connectivity index (χ2n) is 3.72. The van der Waals surface area contributed by atoms with Gasteiger partial charge >= 0.3 is 0 Å². The molecule has 1 aliphatic rings. The van der Waals surface area contributed by atoms with Crippen LogP contribution in [0, 0.1) is 11.8 Å². The highest BCUT2D eigenvalue weighted by Gasteiger charge is 2.43. The highest BCUT2D eigenvalue weighted by atomic mass is 16.2. The van der Waals surface area contributed by atoms with Gasteiger partial charge in [0.25, 0.3) is 0 Å². The number of amides is 2. The van der Waals surface area contributed by atoms with Gasteiger partial charge in [0.2, 0.25) is 11.8 Å². The van der Waals surface area contributed by atoms with E-state index in [4.69, 9.17) is 0 Å². The fourth-order valence-corrected chi connectivity index (χ4v) is 1.48. The van der Waals surface area contributed by atoms with Crippen LogP contribution in [0.3, 0.4) is 0 Å². The molecule has 0 N–H and O–H groups in total. The quantitative estimate of drug-likeness (QED) is 0.550. The number of nitrogens with zero attached hydrogens (tertiary/aromatic N) is 1. The summed E-state index contributed by atoms with van der Waals surface area (Å²) in [4.78, 5) is 24.3. The molecule has 3 heteroatoms. The van der Waals surface area contributed by atoms with Crippen LogP contribution in [-0.2, 0) is 9.59 Å². The van der Waals surface area contributed by atoms with E-state index >= 15 is 0 Å². The lowest BCUT2D eigenvalue weighted by Gasteiger charge is -2.18. The third kappa shape index (κ3) is 1.13. The van der Waals surface area contributed by atoms with Crippen LogP contribution in [0.1, 0.15) is 27.7 Å². The number of rotatable bonds is 1. The Kier molecular flexibility index (Phi) is 2.22. The summed E-state index contributed by atoms with van der Waals surface area (Å²) in [5.74, 6) is -0.329. The van der Waals surface area contributed by atoms with Crippen molar-refractivity contribution in [2.75, 3.05) is 0 Å². The molecule has 0 saturated carbocycles. The Labute approximate surface area is 72.7 Å². The smallest absolute Gasteiger partial charge is 0.233 e. The molecule has 0 aromatic carbocycles. The van der Waals surface area contributed by atoms with Crippen molar-refractivity contribution in [3.05, 3.63) is 0 Å². The minimum absolute atomic E-state index is 0.00241. The van der Waals surface area contributed by atoms with Gasteiger partial charge in [0.15, 0.2) is 0 Å². The predicted octanol–water partition coefficient (Wildman–Crippen LogP) is 1.04. The standard InChI is InChI=1S/C9H15NO2/c1-5(2)10-8(11)6(3)7(4)9(10)12/h5-7H,1-4H3/t6-,7+. The first-order chi connectivity index (χ1) is 5.46. The number of hydrogen-bond acceptors (Lipinski definition) is 2. The van der Waals surface area contributed by atoms with Crippen LogP contribution in [-0.4, -0.2) is 22.8 Å². The molecule has 1 fully saturated rings. The monoisotopic (exact) mass is 169 g/mol. The van der Waals surface area contributed by atoms with Gasteiger partial charge in [0.1, 0.15) is 0 Å². The molecule has 0 aromatic heterocycles. The van der Waals surface area contributed by atoms with E-state index in [9.17, 15) is 9.59 Å². The molecule has 3 nitrogen and oxygen atoms in total. The van der Waals surface area contributed by atoms with Crippen molar-refractivity contribution in [1.82, 2.24) is 4.90 Å². The van der Waals surface area contributed by atoms with E-state index in [0.29, 0.717) is 0 Å². The Balaban J connectivity index is 2.91. The zero-order chi connectivity index (χ0) is 9.46. The van der Waals surface area contributed by atoms with Crippen LogP contribution >= 0.6 is 0 Å². The summed E-state index contributed by atoms with van der Waals surface area (Å²) < 4.78 is 0. The van der Waals surface area contributed by atoms with Gasteiger partial charge in [-0.25, -0.2) is 0 Å². The number of hydrogen-bond donors (Lipinski definition) is 0. The molecule has 0 aromatic rings. The molecule has 1 saturated heterocycles. The molecule has 0 bridgehead atoms. The molecule has 68 valence electrons. The molecule has 0 aliphatic carbocycles. The Morgan fingerprint density at radius 3 is 1.58 bits per heavy atom. The van der Waals surface area contributed by atoms with Crippen molar-refractivity contribution in [3.8, 4) is 0 Å². The second kappa shape index (κ2) is 2.88. The fraction of sp³-hybridized carbons (Fsp3) is 0.778. The van der Waals surface area contributed by atoms with Gasteiger partial charge < -0.3 is 0 Å². The Hall–Kier alpha value is -0.860. The number of carbonyl (C=O) groups excluding carboxylic acids is 2. The van der Waals surface area contributed by atoms with Crippen LogP contribution in [0.4, 0.5) is 0 Å². The van der Waals surface area contributed by atoms with Gasteiger partial charge in [0, 0.05) is 17.9 Å². The highest BCUT2D eigenvalue weighted by molar-refractivity contribution is 6.04. The predicted molar refractivity (Wildman–Crippen MR) is 45.3 cm³/mol. The van der Waals surface area contributed by atoms with Gasteiger partial charge in [-0.1, -0.05) is 13.8 Å². The van der Waals surface area contributed by atoms with E-state index in [1.165, 1.54) is 4.90 Å². The topological polar surface area (TPSA) is 37.4 Å². The highest BCUT2D eigenvalue weighted by Crippen LogP contribution is 2.26. The Morgan fingerprint density at radius 1 is 1.08 bits per heavy atom. The van der Waals surface area contributed by atoms with Crippen molar-refractivity contribution in [3.63, 3.8) is 0 Å². The summed E-state index contributed by atoms with van der Waals surface area (Å²) in [6.07, 6.45) is 0. The van der Waals surface area contributed by atoms with Crippen LogP contribution in [0.5, 0.6) is 0 Å². The lowest BCUT2D eigenvalue weighted by molar-refractivity contribution is -0.141. The van der Waals surface area contributed by atoms with Crippen LogP contribution in [0.15, 0.2) is 0 Å². The lowest BCUT2D eigenvalue weighted by Crippen LogP contribution is -2.36. The SMILES string of the molecule is CC(C)N1C(=O)[C@@H](C)[C@@H](C)C1=O. The molecule has 1 rings (SSSR count). The molecule has 2 atom stereocenters. The summed E-state index contributed by atoms with van der Waals surface area (Å²) >= 11 is 0. The molecule has 2 amide bonds. The van der Waals surface area contributed by atoms with Crippen LogP contribution < -0.4 is 0 Å². The normalized spacial score (nSPS) is 30.6. The molecule has 1 heterocycles. The second-order valence-corrected chi connectivity index (χ2v) is 3.72. The van der Waals surface area contributed by atoms with E-state index in [1.54, 1.807) is 0 Å². The molecular weight excluding hydrogens is 154 g/mol. The van der Waals surface area contributed by atoms with Crippen molar-refractivity contribution < 1.29 is 9.59 Å². The number of carbonyl (C=O) groups is 2. The van der Waals surface area contributed by atoms with E-state index in [2.05, 4.69) is 0 Å². The molecule has 0 spiro atoms. The average molecular weight is 169 g/mol. The number of imide groups is 1. The summed E-state index contributed by atoms with van der Waals surface area (Å²) in [5.41, 5.74) is 0. The van der Waals surface area contributed by atoms with Crippen molar-refractivity contribution in [2.24, 2.45) is 11.8 Å². The first kappa shape index (κ1) is 9.23. The summed E-state index contributed by atoms with van der Waals surface area (Å²) in [6.45, 7) is 7.35. The fourth-order valence-electron chi connectivity index (χ4n) is 1.48. The van der Waals surface area contributed by atoms with E-state index < -0.39 is 0 Å². The Bertz CT molecular complexity index is 203. The van der Waals surface area contributed by atoms with E-state index in [1.807, 2.05) is 27.7 Å². The zero-order valence-corrected chi connectivity index (χ0v) is 8.00. The maximum Gasteiger partial charge on any atom is 0.233 e. The lowest BCUT2D eigenvalue weighted by atomic mass is 10.00. The zero-order valence-electron chi connectivity index (χ0n) is 8.00. The van der Waals surface area contributed by atoms with Gasteiger partial charge in [-0.3, -0.25) is 14.5 Å². The van der Waals surface area contributed by atoms with Crippen molar-refractivity contribution in [1.29, 1.82) is 0 Å². The van der Waals surface area contributed by atoms with E-state index in [0.717, 1.165) is 0 Å². The molecule has 1 aliphatic heterocycles.